The predicted molar refractivity (Wildman–Crippen MR) is 66.2 cm³/mol. The van der Waals surface area contributed by atoms with Crippen LogP contribution >= 0.6 is 11.8 Å². The second-order valence-electron chi connectivity index (χ2n) is 3.94. The van der Waals surface area contributed by atoms with Crippen molar-refractivity contribution in [2.75, 3.05) is 18.1 Å². The van der Waals surface area contributed by atoms with E-state index in [1.165, 1.54) is 34.9 Å². The van der Waals surface area contributed by atoms with Gasteiger partial charge in [-0.25, -0.2) is 9.18 Å². The summed E-state index contributed by atoms with van der Waals surface area (Å²) in [5, 5.41) is 9.08. The molecule has 1 N–H and O–H groups in total. The van der Waals surface area contributed by atoms with E-state index in [2.05, 4.69) is 0 Å². The van der Waals surface area contributed by atoms with E-state index in [9.17, 15) is 14.0 Å². The quantitative estimate of drug-likeness (QED) is 0.883. The summed E-state index contributed by atoms with van der Waals surface area (Å²) in [5.74, 6) is -0.880. The van der Waals surface area contributed by atoms with Crippen LogP contribution in [0, 0.1) is 5.82 Å². The van der Waals surface area contributed by atoms with Gasteiger partial charge in [0.25, 0.3) is 5.91 Å². The average molecular weight is 269 g/mol. The molecule has 1 aliphatic rings. The average Bonchev–Trinajstić information content (AvgIpc) is 2.38. The summed E-state index contributed by atoms with van der Waals surface area (Å²) in [6.07, 6.45) is 0. The minimum Gasteiger partial charge on any atom is -0.480 e. The fraction of sp³-hybridized carbons (Fsp3) is 0.333. The van der Waals surface area contributed by atoms with Crippen LogP contribution in [0.3, 0.4) is 0 Å². The molecule has 0 spiro atoms. The maximum atomic E-state index is 13.1. The number of benzene rings is 1. The number of carbonyl (C=O) groups is 2. The zero-order valence-corrected chi connectivity index (χ0v) is 10.3. The number of carboxylic acid groups (broad SMARTS) is 1. The number of thioether (sulfide) groups is 1. The number of aliphatic carboxylic acids is 1. The Morgan fingerprint density at radius 2 is 2.22 bits per heavy atom. The van der Waals surface area contributed by atoms with E-state index in [0.717, 1.165) is 6.07 Å². The molecule has 0 radical (unpaired) electrons. The van der Waals surface area contributed by atoms with Gasteiger partial charge in [0.15, 0.2) is 0 Å². The minimum atomic E-state index is -1.02. The van der Waals surface area contributed by atoms with E-state index in [-0.39, 0.29) is 5.56 Å². The predicted octanol–water partition coefficient (Wildman–Crippen LogP) is 1.47. The number of amides is 1. The molecule has 2 rings (SSSR count). The van der Waals surface area contributed by atoms with Gasteiger partial charge in [-0.15, -0.1) is 0 Å². The lowest BCUT2D eigenvalue weighted by Crippen LogP contribution is -2.50. The van der Waals surface area contributed by atoms with Crippen molar-refractivity contribution in [3.8, 4) is 0 Å². The normalized spacial score (nSPS) is 19.6. The molecule has 1 unspecified atom stereocenters. The number of halogens is 1. The van der Waals surface area contributed by atoms with Crippen molar-refractivity contribution in [2.24, 2.45) is 0 Å². The molecule has 4 nitrogen and oxygen atoms in total. The van der Waals surface area contributed by atoms with Crippen molar-refractivity contribution in [1.82, 2.24) is 4.90 Å². The van der Waals surface area contributed by atoms with E-state index in [1.54, 1.807) is 0 Å². The van der Waals surface area contributed by atoms with Crippen LogP contribution in [-0.4, -0.2) is 46.0 Å². The molecule has 1 aromatic carbocycles. The molecule has 6 heteroatoms. The summed E-state index contributed by atoms with van der Waals surface area (Å²) in [6.45, 7) is 0.372. The Kier molecular flexibility index (Phi) is 3.86. The molecule has 0 aromatic heterocycles. The largest absolute Gasteiger partial charge is 0.480 e. The number of rotatable bonds is 2. The molecule has 1 fully saturated rings. The van der Waals surface area contributed by atoms with Crippen LogP contribution in [0.4, 0.5) is 4.39 Å². The van der Waals surface area contributed by atoms with Gasteiger partial charge in [0.1, 0.15) is 11.9 Å². The van der Waals surface area contributed by atoms with Crippen LogP contribution in [0.15, 0.2) is 24.3 Å². The Bertz CT molecular complexity index is 480. The summed E-state index contributed by atoms with van der Waals surface area (Å²) in [4.78, 5) is 24.5. The maximum Gasteiger partial charge on any atom is 0.327 e. The first kappa shape index (κ1) is 12.9. The van der Waals surface area contributed by atoms with Crippen LogP contribution in [-0.2, 0) is 4.79 Å². The van der Waals surface area contributed by atoms with Gasteiger partial charge in [0, 0.05) is 23.6 Å². The molecule has 1 heterocycles. The molecule has 1 saturated heterocycles. The third-order valence-corrected chi connectivity index (χ3v) is 3.77. The lowest BCUT2D eigenvalue weighted by atomic mass is 10.1. The van der Waals surface area contributed by atoms with Crippen molar-refractivity contribution in [3.63, 3.8) is 0 Å². The molecule has 1 aliphatic heterocycles. The lowest BCUT2D eigenvalue weighted by Gasteiger charge is -2.32. The number of hydrogen-bond donors (Lipinski definition) is 1. The van der Waals surface area contributed by atoms with Gasteiger partial charge < -0.3 is 10.0 Å². The van der Waals surface area contributed by atoms with Crippen molar-refractivity contribution in [2.45, 2.75) is 6.04 Å². The van der Waals surface area contributed by atoms with Gasteiger partial charge in [-0.05, 0) is 18.2 Å². The Labute approximate surface area is 108 Å². The molecule has 1 amide bonds. The molecule has 0 bridgehead atoms. The fourth-order valence-corrected chi connectivity index (χ4v) is 2.88. The van der Waals surface area contributed by atoms with Crippen LogP contribution < -0.4 is 0 Å². The second kappa shape index (κ2) is 5.39. The van der Waals surface area contributed by atoms with E-state index in [0.29, 0.717) is 18.1 Å². The molecule has 0 aliphatic carbocycles. The maximum absolute atomic E-state index is 13.1. The first-order valence-electron chi connectivity index (χ1n) is 5.46. The van der Waals surface area contributed by atoms with Gasteiger partial charge in [-0.3, -0.25) is 4.79 Å². The zero-order chi connectivity index (χ0) is 13.1. The Morgan fingerprint density at radius 1 is 1.44 bits per heavy atom. The number of carbonyl (C=O) groups excluding carboxylic acids is 1. The Morgan fingerprint density at radius 3 is 2.89 bits per heavy atom. The third kappa shape index (κ3) is 2.64. The SMILES string of the molecule is O=C(O)C1CSCCN1C(=O)c1cccc(F)c1. The zero-order valence-electron chi connectivity index (χ0n) is 9.51. The molecule has 0 saturated carbocycles. The molecular formula is C12H12FNO3S. The summed E-state index contributed by atoms with van der Waals surface area (Å²) in [7, 11) is 0. The summed E-state index contributed by atoms with van der Waals surface area (Å²) < 4.78 is 13.1. The van der Waals surface area contributed by atoms with Crippen LogP contribution in [0.1, 0.15) is 10.4 Å². The number of carboxylic acids is 1. The number of hydrogen-bond acceptors (Lipinski definition) is 3. The first-order valence-corrected chi connectivity index (χ1v) is 6.62. The van der Waals surface area contributed by atoms with Crippen LogP contribution in [0.5, 0.6) is 0 Å². The van der Waals surface area contributed by atoms with Crippen molar-refractivity contribution >= 4 is 23.6 Å². The second-order valence-corrected chi connectivity index (χ2v) is 5.09. The highest BCUT2D eigenvalue weighted by Gasteiger charge is 2.32. The van der Waals surface area contributed by atoms with Gasteiger partial charge in [-0.1, -0.05) is 6.07 Å². The van der Waals surface area contributed by atoms with Gasteiger partial charge in [0.2, 0.25) is 0 Å². The van der Waals surface area contributed by atoms with E-state index in [1.807, 2.05) is 0 Å². The van der Waals surface area contributed by atoms with Crippen LogP contribution in [0.2, 0.25) is 0 Å². The Hall–Kier alpha value is -1.56. The van der Waals surface area contributed by atoms with Gasteiger partial charge in [0.05, 0.1) is 0 Å². The highest BCUT2D eigenvalue weighted by molar-refractivity contribution is 7.99. The summed E-state index contributed by atoms with van der Waals surface area (Å²) in [5.41, 5.74) is 0.188. The highest BCUT2D eigenvalue weighted by Crippen LogP contribution is 2.19. The van der Waals surface area contributed by atoms with Gasteiger partial charge >= 0.3 is 5.97 Å². The summed E-state index contributed by atoms with van der Waals surface area (Å²) >= 11 is 1.50. The third-order valence-electron chi connectivity index (χ3n) is 2.75. The van der Waals surface area contributed by atoms with E-state index in [4.69, 9.17) is 5.11 Å². The monoisotopic (exact) mass is 269 g/mol. The highest BCUT2D eigenvalue weighted by atomic mass is 32.2. The smallest absolute Gasteiger partial charge is 0.327 e. The molecule has 18 heavy (non-hydrogen) atoms. The molecule has 1 aromatic rings. The van der Waals surface area contributed by atoms with Crippen LogP contribution in [0.25, 0.3) is 0 Å². The lowest BCUT2D eigenvalue weighted by molar-refractivity contribution is -0.141. The topological polar surface area (TPSA) is 57.6 Å². The van der Waals surface area contributed by atoms with Crippen molar-refractivity contribution < 1.29 is 19.1 Å². The molecular weight excluding hydrogens is 257 g/mol. The number of nitrogens with zero attached hydrogens (tertiary/aromatic N) is 1. The molecule has 1 atom stereocenters. The van der Waals surface area contributed by atoms with E-state index >= 15 is 0 Å². The molecule has 96 valence electrons. The standard InChI is InChI=1S/C12H12FNO3S/c13-9-3-1-2-8(6-9)11(15)14-4-5-18-7-10(14)12(16)17/h1-3,6,10H,4-5,7H2,(H,16,17). The van der Waals surface area contributed by atoms with E-state index < -0.39 is 23.7 Å². The summed E-state index contributed by atoms with van der Waals surface area (Å²) in [6, 6.07) is 4.48. The first-order chi connectivity index (χ1) is 8.59. The van der Waals surface area contributed by atoms with Crippen molar-refractivity contribution in [1.29, 1.82) is 0 Å². The minimum absolute atomic E-state index is 0.188. The van der Waals surface area contributed by atoms with Crippen molar-refractivity contribution in [3.05, 3.63) is 35.6 Å². The fourth-order valence-electron chi connectivity index (χ4n) is 1.84. The van der Waals surface area contributed by atoms with Gasteiger partial charge in [-0.2, -0.15) is 11.8 Å². The Balaban J connectivity index is 2.23.